The molecule has 0 fully saturated rings. The van der Waals surface area contributed by atoms with Gasteiger partial charge >= 0.3 is 5.97 Å². The summed E-state index contributed by atoms with van der Waals surface area (Å²) in [5.74, 6) is -1.60. The predicted octanol–water partition coefficient (Wildman–Crippen LogP) is 3.20. The van der Waals surface area contributed by atoms with Gasteiger partial charge in [-0.15, -0.1) is 0 Å². The van der Waals surface area contributed by atoms with Crippen LogP contribution in [0.5, 0.6) is 0 Å². The van der Waals surface area contributed by atoms with Crippen LogP contribution in [0.15, 0.2) is 42.5 Å². The van der Waals surface area contributed by atoms with Gasteiger partial charge in [0.25, 0.3) is 0 Å². The Kier molecular flexibility index (Phi) is 5.63. The van der Waals surface area contributed by atoms with Crippen LogP contribution in [0.2, 0.25) is 0 Å². The summed E-state index contributed by atoms with van der Waals surface area (Å²) in [5.41, 5.74) is -0.201. The van der Waals surface area contributed by atoms with Gasteiger partial charge in [-0.05, 0) is 56.3 Å². The van der Waals surface area contributed by atoms with E-state index in [1.807, 2.05) is 6.07 Å². The van der Waals surface area contributed by atoms with Gasteiger partial charge in [0, 0.05) is 16.7 Å². The van der Waals surface area contributed by atoms with E-state index in [1.54, 1.807) is 0 Å². The molecule has 0 aliphatic rings. The highest BCUT2D eigenvalue weighted by Gasteiger charge is 2.29. The molecule has 0 saturated heterocycles. The summed E-state index contributed by atoms with van der Waals surface area (Å²) in [6, 6.07) is 11.4. The van der Waals surface area contributed by atoms with Crippen LogP contribution in [-0.4, -0.2) is 18.0 Å². The summed E-state index contributed by atoms with van der Waals surface area (Å²) in [7, 11) is 0. The van der Waals surface area contributed by atoms with E-state index in [9.17, 15) is 18.8 Å². The summed E-state index contributed by atoms with van der Waals surface area (Å²) in [4.78, 5) is 35.6. The average Bonchev–Trinajstić information content (AvgIpc) is 2.65. The van der Waals surface area contributed by atoms with Crippen molar-refractivity contribution in [1.82, 2.24) is 0 Å². The first-order valence-corrected chi connectivity index (χ1v) is 7.75. The highest BCUT2D eigenvalue weighted by Crippen LogP contribution is 2.20. The Labute approximate surface area is 150 Å². The smallest absolute Gasteiger partial charge is 0.319 e. The molecule has 2 aromatic carbocycles. The maximum Gasteiger partial charge on any atom is 0.319 e. The number of rotatable bonds is 6. The topological polar surface area (TPSA) is 84.2 Å². The number of ether oxygens (including phenoxy) is 1. The summed E-state index contributed by atoms with van der Waals surface area (Å²) in [6.07, 6.45) is 0.478. The molecule has 26 heavy (non-hydrogen) atoms. The van der Waals surface area contributed by atoms with Crippen molar-refractivity contribution in [2.24, 2.45) is 5.41 Å². The van der Waals surface area contributed by atoms with Crippen LogP contribution < -0.4 is 0 Å². The molecule has 0 bridgehead atoms. The van der Waals surface area contributed by atoms with E-state index in [4.69, 9.17) is 10.00 Å². The van der Waals surface area contributed by atoms with E-state index >= 15 is 0 Å². The molecule has 0 atom stereocenters. The number of aldehydes is 1. The molecule has 5 nitrogen and oxygen atoms in total. The van der Waals surface area contributed by atoms with Crippen molar-refractivity contribution < 1.29 is 23.5 Å². The van der Waals surface area contributed by atoms with Gasteiger partial charge in [0.15, 0.2) is 5.78 Å². The van der Waals surface area contributed by atoms with E-state index in [2.05, 4.69) is 0 Å². The number of ketones is 1. The van der Waals surface area contributed by atoms with Gasteiger partial charge in [-0.1, -0.05) is 0 Å². The molecule has 2 aromatic rings. The van der Waals surface area contributed by atoms with Gasteiger partial charge in [-0.25, -0.2) is 4.39 Å². The first kappa shape index (κ1) is 19.0. The van der Waals surface area contributed by atoms with Gasteiger partial charge in [0.2, 0.25) is 0 Å². The zero-order valence-corrected chi connectivity index (χ0v) is 14.3. The molecule has 0 aromatic heterocycles. The Bertz CT molecular complexity index is 895. The van der Waals surface area contributed by atoms with Crippen LogP contribution in [0.4, 0.5) is 4.39 Å². The SMILES string of the molecule is CC(C)(C=O)C(=O)OCc1cc(C#N)ccc1C(=O)c1ccc(F)cc1. The third-order valence-electron chi connectivity index (χ3n) is 3.76. The van der Waals surface area contributed by atoms with Crippen molar-refractivity contribution in [3.8, 4) is 6.07 Å². The molecular formula is C20H16FNO4. The third-order valence-corrected chi connectivity index (χ3v) is 3.76. The van der Waals surface area contributed by atoms with Crippen molar-refractivity contribution in [1.29, 1.82) is 5.26 Å². The lowest BCUT2D eigenvalue weighted by Crippen LogP contribution is -2.28. The minimum atomic E-state index is -1.31. The highest BCUT2D eigenvalue weighted by molar-refractivity contribution is 6.10. The Balaban J connectivity index is 2.34. The van der Waals surface area contributed by atoms with Crippen LogP contribution in [0, 0.1) is 22.6 Å². The number of hydrogen-bond acceptors (Lipinski definition) is 5. The minimum absolute atomic E-state index is 0.229. The minimum Gasteiger partial charge on any atom is -0.460 e. The molecule has 0 spiro atoms. The Morgan fingerprint density at radius 2 is 1.85 bits per heavy atom. The second-order valence-corrected chi connectivity index (χ2v) is 6.24. The number of esters is 1. The molecular weight excluding hydrogens is 337 g/mol. The Morgan fingerprint density at radius 3 is 2.42 bits per heavy atom. The van der Waals surface area contributed by atoms with E-state index in [0.29, 0.717) is 17.4 Å². The van der Waals surface area contributed by atoms with Gasteiger partial charge in [0.1, 0.15) is 24.1 Å². The second-order valence-electron chi connectivity index (χ2n) is 6.24. The Morgan fingerprint density at radius 1 is 1.19 bits per heavy atom. The number of benzene rings is 2. The van der Waals surface area contributed by atoms with Crippen molar-refractivity contribution in [2.45, 2.75) is 20.5 Å². The zero-order chi connectivity index (χ0) is 19.3. The van der Waals surface area contributed by atoms with E-state index in [0.717, 1.165) is 0 Å². The quantitative estimate of drug-likeness (QED) is 0.345. The van der Waals surface area contributed by atoms with Crippen molar-refractivity contribution in [2.75, 3.05) is 0 Å². The average molecular weight is 353 g/mol. The largest absolute Gasteiger partial charge is 0.460 e. The predicted molar refractivity (Wildman–Crippen MR) is 90.6 cm³/mol. The van der Waals surface area contributed by atoms with E-state index in [-0.39, 0.29) is 17.7 Å². The lowest BCUT2D eigenvalue weighted by atomic mass is 9.95. The van der Waals surface area contributed by atoms with Crippen molar-refractivity contribution in [3.63, 3.8) is 0 Å². The fourth-order valence-corrected chi connectivity index (χ4v) is 2.14. The molecule has 0 saturated carbocycles. The molecule has 0 N–H and O–H groups in total. The van der Waals surface area contributed by atoms with Gasteiger partial charge in [-0.2, -0.15) is 5.26 Å². The maximum atomic E-state index is 13.1. The van der Waals surface area contributed by atoms with Crippen LogP contribution in [0.25, 0.3) is 0 Å². The lowest BCUT2D eigenvalue weighted by Gasteiger charge is -2.16. The molecule has 0 heterocycles. The van der Waals surface area contributed by atoms with Crippen LogP contribution in [0.3, 0.4) is 0 Å². The van der Waals surface area contributed by atoms with Crippen LogP contribution in [0.1, 0.15) is 40.9 Å². The van der Waals surface area contributed by atoms with Gasteiger partial charge < -0.3 is 9.53 Å². The maximum absolute atomic E-state index is 13.1. The van der Waals surface area contributed by atoms with Crippen LogP contribution in [-0.2, 0) is 20.9 Å². The number of nitrogens with zero attached hydrogens (tertiary/aromatic N) is 1. The molecule has 0 unspecified atom stereocenters. The van der Waals surface area contributed by atoms with E-state index in [1.165, 1.54) is 56.3 Å². The first-order chi connectivity index (χ1) is 12.3. The number of halogens is 1. The highest BCUT2D eigenvalue weighted by atomic mass is 19.1. The summed E-state index contributed by atoms with van der Waals surface area (Å²) >= 11 is 0. The number of carbonyl (C=O) groups excluding carboxylic acids is 3. The van der Waals surface area contributed by atoms with E-state index < -0.39 is 23.0 Å². The third kappa shape index (κ3) is 4.19. The standard InChI is InChI=1S/C20H16FNO4/c1-20(2,12-23)19(25)26-11-15-9-13(10-22)3-8-17(15)18(24)14-4-6-16(21)7-5-14/h3-9,12H,11H2,1-2H3. The van der Waals surface area contributed by atoms with Gasteiger partial charge in [0.05, 0.1) is 11.6 Å². The van der Waals surface area contributed by atoms with Crippen LogP contribution >= 0.6 is 0 Å². The molecule has 2 rings (SSSR count). The zero-order valence-electron chi connectivity index (χ0n) is 14.3. The molecule has 132 valence electrons. The summed E-state index contributed by atoms with van der Waals surface area (Å²) in [5, 5.41) is 9.05. The second kappa shape index (κ2) is 7.70. The first-order valence-electron chi connectivity index (χ1n) is 7.75. The summed E-state index contributed by atoms with van der Waals surface area (Å²) in [6.45, 7) is 2.56. The summed E-state index contributed by atoms with van der Waals surface area (Å²) < 4.78 is 18.2. The molecule has 0 aliphatic carbocycles. The molecule has 6 heteroatoms. The fourth-order valence-electron chi connectivity index (χ4n) is 2.14. The fraction of sp³-hybridized carbons (Fsp3) is 0.200. The monoisotopic (exact) mass is 353 g/mol. The number of carbonyl (C=O) groups is 3. The Hall–Kier alpha value is -3.33. The van der Waals surface area contributed by atoms with Crippen molar-refractivity contribution >= 4 is 18.0 Å². The van der Waals surface area contributed by atoms with Crippen molar-refractivity contribution in [3.05, 3.63) is 70.5 Å². The number of nitriles is 1. The van der Waals surface area contributed by atoms with Gasteiger partial charge in [-0.3, -0.25) is 9.59 Å². The lowest BCUT2D eigenvalue weighted by molar-refractivity contribution is -0.156. The normalized spacial score (nSPS) is 10.7. The number of hydrogen-bond donors (Lipinski definition) is 0. The molecule has 0 aliphatic heterocycles. The molecule has 0 radical (unpaired) electrons. The molecule has 0 amide bonds.